The number of carbonyl (C=O) groups is 9. The van der Waals surface area contributed by atoms with Crippen LogP contribution in [0.4, 0.5) is 9.59 Å². The molecule has 7 N–H and O–H groups in total. The Bertz CT molecular complexity index is 2710. The number of nitrogens with zero attached hydrogens (tertiary/aromatic N) is 4. The number of benzene rings is 2. The van der Waals surface area contributed by atoms with Gasteiger partial charge in [0.15, 0.2) is 0 Å². The summed E-state index contributed by atoms with van der Waals surface area (Å²) in [6.07, 6.45) is 6.92. The van der Waals surface area contributed by atoms with E-state index in [1.54, 1.807) is 65.6 Å². The molecule has 3 aliphatic rings. The number of allylic oxidation sites excluding steroid dienone is 1. The van der Waals surface area contributed by atoms with Crippen molar-refractivity contribution in [3.05, 3.63) is 89.5 Å². The SMILES string of the molecule is CC[C@H](C)[C@@H]([C@@H](CC(=O)N1CCC[C@H]1[C@H](OC)[C@@H](C)C(=O)N[C@H](C)[C@@H](O)c1ccccc1)OC)N(C)C(=O)[C@@H](NC(=O)[C@H](C(C)C)N(C)C(=O)OCc1ccc(OC(=O)N[C@H]2CCCC/C=C/[C@@H]2N)c(C(=O)NCCN2C(=O)C=CC2=O)c1)C(C)C. The molecule has 1 fully saturated rings. The minimum absolute atomic E-state index is 0.0982. The Labute approximate surface area is 506 Å². The molecular weight excluding hydrogens is 1110 g/mol. The molecule has 2 aliphatic heterocycles. The minimum Gasteiger partial charge on any atom is -0.445 e. The second kappa shape index (κ2) is 33.1. The number of amides is 9. The zero-order valence-electron chi connectivity index (χ0n) is 52.1. The van der Waals surface area contributed by atoms with Crippen molar-refractivity contribution >= 4 is 53.5 Å². The van der Waals surface area contributed by atoms with Crippen LogP contribution in [0.2, 0.25) is 0 Å². The third kappa shape index (κ3) is 18.4. The van der Waals surface area contributed by atoms with Crippen molar-refractivity contribution in [1.82, 2.24) is 40.9 Å². The van der Waals surface area contributed by atoms with E-state index < -0.39 is 127 Å². The van der Waals surface area contributed by atoms with Crippen molar-refractivity contribution in [3.8, 4) is 5.75 Å². The monoisotopic (exact) mass is 1200 g/mol. The van der Waals surface area contributed by atoms with Gasteiger partial charge in [-0.15, -0.1) is 0 Å². The van der Waals surface area contributed by atoms with Crippen molar-refractivity contribution in [2.24, 2.45) is 29.4 Å². The highest BCUT2D eigenvalue weighted by Crippen LogP contribution is 2.31. The molecule has 2 aromatic carbocycles. The summed E-state index contributed by atoms with van der Waals surface area (Å²) < 4.78 is 23.4. The third-order valence-electron chi connectivity index (χ3n) is 16.7. The van der Waals surface area contributed by atoms with Crippen LogP contribution in [0.15, 0.2) is 72.8 Å². The molecule has 0 bridgehead atoms. The predicted octanol–water partition coefficient (Wildman–Crippen LogP) is 5.15. The molecule has 23 nitrogen and oxygen atoms in total. The van der Waals surface area contributed by atoms with Gasteiger partial charge in [-0.1, -0.05) is 110 Å². The maximum Gasteiger partial charge on any atom is 0.412 e. The Morgan fingerprint density at radius 3 is 2.14 bits per heavy atom. The summed E-state index contributed by atoms with van der Waals surface area (Å²) in [5, 5.41) is 22.3. The molecule has 0 saturated carbocycles. The van der Waals surface area contributed by atoms with Crippen LogP contribution < -0.4 is 31.7 Å². The number of aliphatic hydroxyl groups excluding tert-OH is 1. The molecule has 9 amide bonds. The van der Waals surface area contributed by atoms with Gasteiger partial charge in [-0.2, -0.15) is 0 Å². The van der Waals surface area contributed by atoms with E-state index >= 15 is 0 Å². The standard InChI is InChI=1S/C63H93N9O14/c1-13-39(6)55(49(83-11)35-52(75)71-32-21-26-47(71)57(84-12)40(7)58(77)66-41(8)56(76)43-22-17-16-18-23-43)69(9)61(80)53(37(2)3)68-60(79)54(38(4)5)70(10)63(82)85-36-42-27-28-48(86-62(81)67-46-25-20-15-14-19-24-45(46)64)44(34-42)59(78)65-31-33-72-50(73)29-30-51(72)74/h16-19,22-24,27-30,34,37-41,45-47,49,53-57,76H,13-15,20-21,25-26,31-33,35-36,64H2,1-12H3,(H,65,78)(H,66,77)(H,67,81)(H,68,79)/b24-19+/t39-,40+,41+,45-,46-,47-,49+,53-,54-,55-,56+,57+/m0/s1. The molecule has 0 unspecified atom stereocenters. The van der Waals surface area contributed by atoms with Crippen LogP contribution in [-0.2, 0) is 49.6 Å². The molecule has 5 rings (SSSR count). The topological polar surface area (TPSA) is 298 Å². The van der Waals surface area contributed by atoms with E-state index in [0.29, 0.717) is 43.4 Å². The summed E-state index contributed by atoms with van der Waals surface area (Å²) >= 11 is 0. The van der Waals surface area contributed by atoms with Crippen LogP contribution in [0.25, 0.3) is 0 Å². The van der Waals surface area contributed by atoms with Crippen LogP contribution >= 0.6 is 0 Å². The van der Waals surface area contributed by atoms with Crippen molar-refractivity contribution in [1.29, 1.82) is 0 Å². The van der Waals surface area contributed by atoms with Gasteiger partial charge in [-0.05, 0) is 80.0 Å². The Morgan fingerprint density at radius 1 is 0.826 bits per heavy atom. The number of nitrogens with one attached hydrogen (secondary N) is 4. The Balaban J connectivity index is 1.26. The predicted molar refractivity (Wildman–Crippen MR) is 322 cm³/mol. The first-order valence-corrected chi connectivity index (χ1v) is 30.1. The number of hydrogen-bond acceptors (Lipinski definition) is 15. The van der Waals surface area contributed by atoms with Crippen LogP contribution in [0.3, 0.4) is 0 Å². The average Bonchev–Trinajstić information content (AvgIpc) is 4.15. The van der Waals surface area contributed by atoms with Gasteiger partial charge < -0.3 is 60.9 Å². The normalized spacial score (nSPS) is 20.5. The van der Waals surface area contributed by atoms with Crippen molar-refractivity contribution < 1.29 is 67.2 Å². The van der Waals surface area contributed by atoms with E-state index in [2.05, 4.69) is 21.3 Å². The maximum atomic E-state index is 14.8. The van der Waals surface area contributed by atoms with Crippen LogP contribution in [0.5, 0.6) is 5.75 Å². The fraction of sp³-hybridized carbons (Fsp3) is 0.603. The summed E-state index contributed by atoms with van der Waals surface area (Å²) in [4.78, 5) is 128. The molecule has 474 valence electrons. The van der Waals surface area contributed by atoms with Gasteiger partial charge in [0.1, 0.15) is 24.4 Å². The number of likely N-dealkylation sites (tertiary alicyclic amines) is 1. The Kier molecular flexibility index (Phi) is 26.7. The highest BCUT2D eigenvalue weighted by molar-refractivity contribution is 6.13. The first kappa shape index (κ1) is 69.6. The van der Waals surface area contributed by atoms with Gasteiger partial charge in [0.05, 0.1) is 60.4 Å². The van der Waals surface area contributed by atoms with E-state index in [0.717, 1.165) is 41.2 Å². The molecule has 23 heteroatoms. The first-order chi connectivity index (χ1) is 40.8. The van der Waals surface area contributed by atoms with E-state index in [4.69, 9.17) is 24.7 Å². The zero-order valence-corrected chi connectivity index (χ0v) is 52.1. The average molecular weight is 1200 g/mol. The molecular formula is C63H93N9O14. The lowest BCUT2D eigenvalue weighted by atomic mass is 9.89. The molecule has 86 heavy (non-hydrogen) atoms. The lowest BCUT2D eigenvalue weighted by Gasteiger charge is -2.41. The summed E-state index contributed by atoms with van der Waals surface area (Å²) in [6.45, 7) is 14.2. The van der Waals surface area contributed by atoms with E-state index in [1.807, 2.05) is 44.2 Å². The molecule has 1 saturated heterocycles. The molecule has 12 atom stereocenters. The largest absolute Gasteiger partial charge is 0.445 e. The maximum absolute atomic E-state index is 14.8. The fourth-order valence-corrected chi connectivity index (χ4v) is 11.6. The summed E-state index contributed by atoms with van der Waals surface area (Å²) in [5.74, 6) is -5.34. The van der Waals surface area contributed by atoms with E-state index in [-0.39, 0.29) is 48.6 Å². The van der Waals surface area contributed by atoms with Gasteiger partial charge in [0, 0.05) is 66.1 Å². The Hall–Kier alpha value is -7.21. The lowest BCUT2D eigenvalue weighted by molar-refractivity contribution is -0.148. The van der Waals surface area contributed by atoms with Crippen molar-refractivity contribution in [2.45, 2.75) is 174 Å². The number of ether oxygens (including phenoxy) is 4. The highest BCUT2D eigenvalue weighted by atomic mass is 16.6. The second-order valence-electron chi connectivity index (χ2n) is 23.5. The summed E-state index contributed by atoms with van der Waals surface area (Å²) in [6, 6.07) is 8.48. The Morgan fingerprint density at radius 2 is 1.51 bits per heavy atom. The molecule has 0 aromatic heterocycles. The highest BCUT2D eigenvalue weighted by Gasteiger charge is 2.44. The zero-order chi connectivity index (χ0) is 63.5. The summed E-state index contributed by atoms with van der Waals surface area (Å²) in [7, 11) is 6.03. The number of nitrogens with two attached hydrogens (primary N) is 1. The van der Waals surface area contributed by atoms with Crippen molar-refractivity contribution in [3.63, 3.8) is 0 Å². The molecule has 2 heterocycles. The van der Waals surface area contributed by atoms with Gasteiger partial charge in [0.25, 0.3) is 17.7 Å². The number of carbonyl (C=O) groups excluding carboxylic acids is 9. The molecule has 0 radical (unpaired) electrons. The summed E-state index contributed by atoms with van der Waals surface area (Å²) in [5.41, 5.74) is 7.17. The number of imide groups is 1. The number of likely N-dealkylation sites (N-methyl/N-ethyl adjacent to an activating group) is 2. The lowest BCUT2D eigenvalue weighted by Crippen LogP contribution is -2.60. The molecule has 2 aromatic rings. The first-order valence-electron chi connectivity index (χ1n) is 30.1. The van der Waals surface area contributed by atoms with E-state index in [1.165, 1.54) is 44.4 Å². The number of methoxy groups -OCH3 is 2. The van der Waals surface area contributed by atoms with Crippen LogP contribution in [0, 0.1) is 23.7 Å². The number of rotatable bonds is 28. The van der Waals surface area contributed by atoms with Gasteiger partial charge in [0.2, 0.25) is 23.6 Å². The van der Waals surface area contributed by atoms with Crippen LogP contribution in [0.1, 0.15) is 134 Å². The number of aliphatic hydroxyl groups is 1. The van der Waals surface area contributed by atoms with Gasteiger partial charge in [-0.3, -0.25) is 43.4 Å². The van der Waals surface area contributed by atoms with E-state index in [9.17, 15) is 48.3 Å². The minimum atomic E-state index is -1.14. The number of hydrogen-bond donors (Lipinski definition) is 6. The second-order valence-corrected chi connectivity index (χ2v) is 23.5. The van der Waals surface area contributed by atoms with Crippen LogP contribution in [-0.4, -0.2) is 181 Å². The molecule has 0 spiro atoms. The quantitative estimate of drug-likeness (QED) is 0.0475. The third-order valence-corrected chi connectivity index (χ3v) is 16.7. The van der Waals surface area contributed by atoms with Gasteiger partial charge in [-0.25, -0.2) is 9.59 Å². The molecule has 1 aliphatic carbocycles. The van der Waals surface area contributed by atoms with Gasteiger partial charge >= 0.3 is 12.2 Å². The van der Waals surface area contributed by atoms with Crippen molar-refractivity contribution in [2.75, 3.05) is 47.9 Å². The fourth-order valence-electron chi connectivity index (χ4n) is 11.6. The smallest absolute Gasteiger partial charge is 0.412 e.